The highest BCUT2D eigenvalue weighted by molar-refractivity contribution is 7.99. The van der Waals surface area contributed by atoms with E-state index in [1.54, 1.807) is 12.3 Å². The molecule has 5 heteroatoms. The zero-order valence-corrected chi connectivity index (χ0v) is 12.4. The molecule has 0 unspecified atom stereocenters. The zero-order chi connectivity index (χ0) is 14.9. The summed E-state index contributed by atoms with van der Waals surface area (Å²) in [5, 5.41) is 0.542. The van der Waals surface area contributed by atoms with Crippen LogP contribution in [0.3, 0.4) is 0 Å². The van der Waals surface area contributed by atoms with E-state index in [-0.39, 0.29) is 16.0 Å². The third-order valence-electron chi connectivity index (χ3n) is 2.83. The summed E-state index contributed by atoms with van der Waals surface area (Å²) < 4.78 is 27.4. The molecule has 1 heterocycles. The first-order chi connectivity index (χ1) is 9.27. The van der Waals surface area contributed by atoms with Gasteiger partial charge in [0.1, 0.15) is 16.7 Å². The van der Waals surface area contributed by atoms with E-state index in [2.05, 4.69) is 25.8 Å². The molecule has 1 aromatic carbocycles. The van der Waals surface area contributed by atoms with Gasteiger partial charge in [0, 0.05) is 11.9 Å². The number of nitrogens with zero attached hydrogens (tertiary/aromatic N) is 1. The molecule has 20 heavy (non-hydrogen) atoms. The van der Waals surface area contributed by atoms with Gasteiger partial charge in [-0.15, -0.1) is 0 Å². The lowest BCUT2D eigenvalue weighted by molar-refractivity contribution is 0.541. The van der Waals surface area contributed by atoms with Crippen LogP contribution in [0, 0.1) is 11.6 Å². The Morgan fingerprint density at radius 1 is 1.10 bits per heavy atom. The van der Waals surface area contributed by atoms with Gasteiger partial charge in [0.25, 0.3) is 0 Å². The van der Waals surface area contributed by atoms with Crippen LogP contribution in [-0.4, -0.2) is 4.98 Å². The summed E-state index contributed by atoms with van der Waals surface area (Å²) in [7, 11) is 0. The fraction of sp³-hybridized carbons (Fsp3) is 0.267. The van der Waals surface area contributed by atoms with E-state index >= 15 is 0 Å². The smallest absolute Gasteiger partial charge is 0.142 e. The maximum absolute atomic E-state index is 13.7. The van der Waals surface area contributed by atoms with E-state index in [0.717, 1.165) is 29.5 Å². The molecule has 2 aromatic rings. The summed E-state index contributed by atoms with van der Waals surface area (Å²) in [4.78, 5) is 4.16. The van der Waals surface area contributed by atoms with Crippen LogP contribution in [0.2, 0.25) is 0 Å². The highest BCUT2D eigenvalue weighted by atomic mass is 32.2. The van der Waals surface area contributed by atoms with Gasteiger partial charge in [0.05, 0.1) is 4.90 Å². The lowest BCUT2D eigenvalue weighted by atomic mass is 9.88. The van der Waals surface area contributed by atoms with Crippen LogP contribution in [0.4, 0.5) is 14.5 Å². The van der Waals surface area contributed by atoms with Crippen LogP contribution in [-0.2, 0) is 5.41 Å². The molecule has 0 aliphatic rings. The summed E-state index contributed by atoms with van der Waals surface area (Å²) in [6.07, 6.45) is 1.73. The van der Waals surface area contributed by atoms with Crippen molar-refractivity contribution in [1.82, 2.24) is 4.98 Å². The molecule has 0 spiro atoms. The second-order valence-electron chi connectivity index (χ2n) is 5.55. The Labute approximate surface area is 121 Å². The van der Waals surface area contributed by atoms with Crippen molar-refractivity contribution in [3.63, 3.8) is 0 Å². The van der Waals surface area contributed by atoms with Gasteiger partial charge in [0.2, 0.25) is 0 Å². The van der Waals surface area contributed by atoms with Gasteiger partial charge >= 0.3 is 0 Å². The number of nitrogens with two attached hydrogens (primary N) is 1. The van der Waals surface area contributed by atoms with E-state index in [9.17, 15) is 8.78 Å². The SMILES string of the molecule is CC(C)(C)c1ccc(Sc2c(F)cc(N)cc2F)nc1. The number of benzene rings is 1. The fourth-order valence-corrected chi connectivity index (χ4v) is 2.43. The van der Waals surface area contributed by atoms with Gasteiger partial charge in [-0.1, -0.05) is 38.6 Å². The van der Waals surface area contributed by atoms with Gasteiger partial charge < -0.3 is 5.73 Å². The highest BCUT2D eigenvalue weighted by Gasteiger charge is 2.16. The minimum atomic E-state index is -0.672. The minimum absolute atomic E-state index is 0.00606. The van der Waals surface area contributed by atoms with E-state index in [4.69, 9.17) is 5.73 Å². The first kappa shape index (κ1) is 14.8. The number of hydrogen-bond donors (Lipinski definition) is 1. The molecule has 0 fully saturated rings. The lowest BCUT2D eigenvalue weighted by Gasteiger charge is -2.18. The predicted octanol–water partition coefficient (Wildman–Crippen LogP) is 4.39. The Morgan fingerprint density at radius 3 is 2.15 bits per heavy atom. The van der Waals surface area contributed by atoms with Gasteiger partial charge in [-0.25, -0.2) is 13.8 Å². The summed E-state index contributed by atoms with van der Waals surface area (Å²) in [6, 6.07) is 5.90. The summed E-state index contributed by atoms with van der Waals surface area (Å²) in [5.74, 6) is -1.34. The first-order valence-electron chi connectivity index (χ1n) is 6.16. The Kier molecular flexibility index (Phi) is 3.99. The largest absolute Gasteiger partial charge is 0.399 e. The molecule has 2 nitrogen and oxygen atoms in total. The Morgan fingerprint density at radius 2 is 1.70 bits per heavy atom. The van der Waals surface area contributed by atoms with E-state index in [1.165, 1.54) is 0 Å². The molecule has 2 rings (SSSR count). The monoisotopic (exact) mass is 294 g/mol. The molecule has 0 saturated carbocycles. The second-order valence-corrected chi connectivity index (χ2v) is 6.58. The molecule has 0 radical (unpaired) electrons. The number of hydrogen-bond acceptors (Lipinski definition) is 3. The van der Waals surface area contributed by atoms with Crippen LogP contribution in [0.5, 0.6) is 0 Å². The van der Waals surface area contributed by atoms with Crippen molar-refractivity contribution >= 4 is 17.4 Å². The Bertz CT molecular complexity index is 596. The molecule has 0 aliphatic carbocycles. The highest BCUT2D eigenvalue weighted by Crippen LogP contribution is 2.33. The summed E-state index contributed by atoms with van der Waals surface area (Å²) in [6.45, 7) is 6.24. The quantitative estimate of drug-likeness (QED) is 0.835. The maximum Gasteiger partial charge on any atom is 0.142 e. The van der Waals surface area contributed by atoms with Crippen LogP contribution in [0.1, 0.15) is 26.3 Å². The van der Waals surface area contributed by atoms with Crippen molar-refractivity contribution in [3.8, 4) is 0 Å². The second kappa shape index (κ2) is 5.40. The van der Waals surface area contributed by atoms with Crippen molar-refractivity contribution in [3.05, 3.63) is 47.7 Å². The van der Waals surface area contributed by atoms with Crippen molar-refractivity contribution in [2.45, 2.75) is 36.1 Å². The molecule has 2 N–H and O–H groups in total. The zero-order valence-electron chi connectivity index (χ0n) is 11.6. The summed E-state index contributed by atoms with van der Waals surface area (Å²) in [5.41, 5.74) is 6.52. The first-order valence-corrected chi connectivity index (χ1v) is 6.98. The maximum atomic E-state index is 13.7. The number of rotatable bonds is 2. The summed E-state index contributed by atoms with van der Waals surface area (Å²) >= 11 is 0.952. The van der Waals surface area contributed by atoms with Crippen molar-refractivity contribution < 1.29 is 8.78 Å². The Balaban J connectivity index is 2.27. The topological polar surface area (TPSA) is 38.9 Å². The Hall–Kier alpha value is -1.62. The van der Waals surface area contributed by atoms with Gasteiger partial charge in [-0.2, -0.15) is 0 Å². The molecule has 0 saturated heterocycles. The average molecular weight is 294 g/mol. The number of nitrogen functional groups attached to an aromatic ring is 1. The fourth-order valence-electron chi connectivity index (χ4n) is 1.67. The number of anilines is 1. The predicted molar refractivity (Wildman–Crippen MR) is 77.8 cm³/mol. The number of halogens is 2. The molecule has 0 aliphatic heterocycles. The third-order valence-corrected chi connectivity index (χ3v) is 3.87. The van der Waals surface area contributed by atoms with E-state index in [1.807, 2.05) is 6.07 Å². The average Bonchev–Trinajstić information content (AvgIpc) is 2.33. The van der Waals surface area contributed by atoms with Gasteiger partial charge in [0.15, 0.2) is 0 Å². The molecule has 0 atom stereocenters. The third kappa shape index (κ3) is 3.28. The van der Waals surface area contributed by atoms with E-state index in [0.29, 0.717) is 5.03 Å². The molecule has 0 amide bonds. The molecule has 1 aromatic heterocycles. The number of pyridine rings is 1. The molecule has 106 valence electrons. The van der Waals surface area contributed by atoms with Crippen molar-refractivity contribution in [2.75, 3.05) is 5.73 Å². The van der Waals surface area contributed by atoms with Crippen LogP contribution >= 0.6 is 11.8 Å². The standard InChI is InChI=1S/C15H16F2N2S/c1-15(2,3)9-4-5-13(19-8-9)20-14-11(16)6-10(18)7-12(14)17/h4-8H,18H2,1-3H3. The normalized spacial score (nSPS) is 11.7. The van der Waals surface area contributed by atoms with Crippen LogP contribution < -0.4 is 5.73 Å². The lowest BCUT2D eigenvalue weighted by Crippen LogP contribution is -2.11. The van der Waals surface area contributed by atoms with Crippen LogP contribution in [0.15, 0.2) is 40.4 Å². The van der Waals surface area contributed by atoms with E-state index < -0.39 is 11.6 Å². The minimum Gasteiger partial charge on any atom is -0.399 e. The van der Waals surface area contributed by atoms with Gasteiger partial charge in [-0.3, -0.25) is 0 Å². The molecular weight excluding hydrogens is 278 g/mol. The van der Waals surface area contributed by atoms with Gasteiger partial charge in [-0.05, 0) is 29.2 Å². The molecule has 0 bridgehead atoms. The van der Waals surface area contributed by atoms with Crippen LogP contribution in [0.25, 0.3) is 0 Å². The van der Waals surface area contributed by atoms with Crippen molar-refractivity contribution in [1.29, 1.82) is 0 Å². The van der Waals surface area contributed by atoms with Crippen molar-refractivity contribution in [2.24, 2.45) is 0 Å². The number of aromatic nitrogens is 1. The molecular formula is C15H16F2N2S.